The number of aromatic nitrogens is 1. The summed E-state index contributed by atoms with van der Waals surface area (Å²) in [7, 11) is 3.22. The zero-order chi connectivity index (χ0) is 22.6. The number of ether oxygens (including phenoxy) is 2. The van der Waals surface area contributed by atoms with Crippen molar-refractivity contribution in [2.75, 3.05) is 20.8 Å². The number of benzene rings is 2. The van der Waals surface area contributed by atoms with Crippen molar-refractivity contribution in [2.45, 2.75) is 39.2 Å². The third kappa shape index (κ3) is 3.34. The van der Waals surface area contributed by atoms with Crippen LogP contribution in [0.3, 0.4) is 0 Å². The van der Waals surface area contributed by atoms with E-state index in [-0.39, 0.29) is 17.4 Å². The second-order valence-corrected chi connectivity index (χ2v) is 8.96. The van der Waals surface area contributed by atoms with Crippen LogP contribution in [-0.4, -0.2) is 36.6 Å². The molecular formula is C26H28N2O4. The largest absolute Gasteiger partial charge is 0.493 e. The average Bonchev–Trinajstić information content (AvgIpc) is 3.62. The lowest BCUT2D eigenvalue weighted by Gasteiger charge is -2.38. The van der Waals surface area contributed by atoms with Crippen LogP contribution < -0.4 is 15.0 Å². The monoisotopic (exact) mass is 432 g/mol. The Balaban J connectivity index is 1.74. The summed E-state index contributed by atoms with van der Waals surface area (Å²) in [6.45, 7) is 4.63. The summed E-state index contributed by atoms with van der Waals surface area (Å²) in [4.78, 5) is 31.6. The van der Waals surface area contributed by atoms with E-state index in [1.54, 1.807) is 14.2 Å². The van der Waals surface area contributed by atoms with Crippen molar-refractivity contribution in [3.05, 3.63) is 68.5 Å². The van der Waals surface area contributed by atoms with Gasteiger partial charge in [-0.1, -0.05) is 11.6 Å². The Labute approximate surface area is 187 Å². The summed E-state index contributed by atoms with van der Waals surface area (Å²) >= 11 is 0. The van der Waals surface area contributed by atoms with Gasteiger partial charge in [0.15, 0.2) is 11.5 Å². The highest BCUT2D eigenvalue weighted by Crippen LogP contribution is 2.43. The molecular weight excluding hydrogens is 404 g/mol. The highest BCUT2D eigenvalue weighted by Gasteiger charge is 2.40. The third-order valence-corrected chi connectivity index (χ3v) is 6.70. The SMILES string of the molecule is COc1cc2c(cc1OC)C(c1cc3cc(C)cc(C)c3[nH]c1=O)N(C(=O)C1CC1)CC2. The number of nitrogens with zero attached hydrogens (tertiary/aromatic N) is 1. The Morgan fingerprint density at radius 1 is 1.00 bits per heavy atom. The van der Waals surface area contributed by atoms with Crippen molar-refractivity contribution < 1.29 is 14.3 Å². The van der Waals surface area contributed by atoms with Crippen molar-refractivity contribution in [3.8, 4) is 11.5 Å². The fourth-order valence-electron chi connectivity index (χ4n) is 4.99. The molecule has 0 radical (unpaired) electrons. The molecule has 1 fully saturated rings. The van der Waals surface area contributed by atoms with Gasteiger partial charge < -0.3 is 19.4 Å². The molecule has 2 heterocycles. The van der Waals surface area contributed by atoms with Crippen LogP contribution in [0.5, 0.6) is 11.5 Å². The lowest BCUT2D eigenvalue weighted by Crippen LogP contribution is -2.43. The second-order valence-electron chi connectivity index (χ2n) is 8.96. The molecule has 32 heavy (non-hydrogen) atoms. The minimum absolute atomic E-state index is 0.0724. The number of fused-ring (bicyclic) bond motifs is 2. The Bertz CT molecular complexity index is 1290. The number of hydrogen-bond donors (Lipinski definition) is 1. The fraction of sp³-hybridized carbons (Fsp3) is 0.385. The summed E-state index contributed by atoms with van der Waals surface area (Å²) in [5.41, 5.74) is 5.44. The highest BCUT2D eigenvalue weighted by atomic mass is 16.5. The molecule has 2 aromatic carbocycles. The molecule has 1 aliphatic carbocycles. The molecule has 166 valence electrons. The zero-order valence-corrected chi connectivity index (χ0v) is 19.0. The van der Waals surface area contributed by atoms with Gasteiger partial charge in [-0.3, -0.25) is 9.59 Å². The second kappa shape index (κ2) is 7.69. The molecule has 6 heteroatoms. The number of amides is 1. The van der Waals surface area contributed by atoms with Crippen LogP contribution >= 0.6 is 0 Å². The summed E-state index contributed by atoms with van der Waals surface area (Å²) in [6.07, 6.45) is 2.56. The molecule has 0 spiro atoms. The Morgan fingerprint density at radius 3 is 2.41 bits per heavy atom. The number of carbonyl (C=O) groups excluding carboxylic acids is 1. The number of hydrogen-bond acceptors (Lipinski definition) is 4. The first-order valence-electron chi connectivity index (χ1n) is 11.1. The minimum atomic E-state index is -0.458. The van der Waals surface area contributed by atoms with Gasteiger partial charge in [0, 0.05) is 18.0 Å². The van der Waals surface area contributed by atoms with Crippen LogP contribution in [0, 0.1) is 19.8 Å². The first kappa shape index (κ1) is 20.6. The Hall–Kier alpha value is -3.28. The molecule has 1 amide bonds. The van der Waals surface area contributed by atoms with Gasteiger partial charge in [-0.05, 0) is 79.5 Å². The van der Waals surface area contributed by atoms with Gasteiger partial charge in [0.05, 0.1) is 25.8 Å². The van der Waals surface area contributed by atoms with Crippen LogP contribution in [0.2, 0.25) is 0 Å². The van der Waals surface area contributed by atoms with E-state index in [2.05, 4.69) is 17.1 Å². The number of pyridine rings is 1. The van der Waals surface area contributed by atoms with Gasteiger partial charge in [0.2, 0.25) is 5.91 Å². The van der Waals surface area contributed by atoms with Gasteiger partial charge in [-0.25, -0.2) is 0 Å². The van der Waals surface area contributed by atoms with Crippen molar-refractivity contribution in [1.29, 1.82) is 0 Å². The molecule has 1 N–H and O–H groups in total. The average molecular weight is 433 g/mol. The summed E-state index contributed by atoms with van der Waals surface area (Å²) in [5.74, 6) is 1.46. The predicted molar refractivity (Wildman–Crippen MR) is 124 cm³/mol. The molecule has 1 aromatic heterocycles. The summed E-state index contributed by atoms with van der Waals surface area (Å²) in [6, 6.07) is 9.54. The van der Waals surface area contributed by atoms with E-state index in [9.17, 15) is 9.59 Å². The van der Waals surface area contributed by atoms with Gasteiger partial charge >= 0.3 is 0 Å². The van der Waals surface area contributed by atoms with Crippen LogP contribution in [-0.2, 0) is 11.2 Å². The van der Waals surface area contributed by atoms with E-state index < -0.39 is 6.04 Å². The van der Waals surface area contributed by atoms with E-state index in [1.807, 2.05) is 36.9 Å². The van der Waals surface area contributed by atoms with Crippen molar-refractivity contribution in [2.24, 2.45) is 5.92 Å². The molecule has 5 rings (SSSR count). The number of nitrogens with one attached hydrogen (secondary N) is 1. The van der Waals surface area contributed by atoms with Gasteiger partial charge in [0.25, 0.3) is 5.56 Å². The molecule has 1 saturated carbocycles. The van der Waals surface area contributed by atoms with Crippen molar-refractivity contribution in [3.63, 3.8) is 0 Å². The highest BCUT2D eigenvalue weighted by molar-refractivity contribution is 5.85. The third-order valence-electron chi connectivity index (χ3n) is 6.70. The Kier molecular flexibility index (Phi) is 4.96. The van der Waals surface area contributed by atoms with Gasteiger partial charge in [-0.2, -0.15) is 0 Å². The van der Waals surface area contributed by atoms with Crippen molar-refractivity contribution >= 4 is 16.8 Å². The molecule has 6 nitrogen and oxygen atoms in total. The smallest absolute Gasteiger partial charge is 0.254 e. The van der Waals surface area contributed by atoms with E-state index in [0.29, 0.717) is 30.0 Å². The zero-order valence-electron chi connectivity index (χ0n) is 19.0. The molecule has 0 saturated heterocycles. The quantitative estimate of drug-likeness (QED) is 0.675. The Morgan fingerprint density at radius 2 is 1.72 bits per heavy atom. The number of carbonyl (C=O) groups is 1. The summed E-state index contributed by atoms with van der Waals surface area (Å²) < 4.78 is 11.1. The summed E-state index contributed by atoms with van der Waals surface area (Å²) in [5, 5.41) is 0.975. The molecule has 1 unspecified atom stereocenters. The number of rotatable bonds is 4. The van der Waals surface area contributed by atoms with E-state index in [0.717, 1.165) is 46.0 Å². The first-order valence-corrected chi connectivity index (χ1v) is 11.1. The van der Waals surface area contributed by atoms with Gasteiger partial charge in [0.1, 0.15) is 0 Å². The molecule has 1 aliphatic heterocycles. The minimum Gasteiger partial charge on any atom is -0.493 e. The molecule has 2 aliphatic rings. The van der Waals surface area contributed by atoms with E-state index in [1.165, 1.54) is 0 Å². The van der Waals surface area contributed by atoms with Crippen LogP contribution in [0.4, 0.5) is 0 Å². The maximum Gasteiger partial charge on any atom is 0.254 e. The number of aryl methyl sites for hydroxylation is 2. The fourth-order valence-corrected chi connectivity index (χ4v) is 4.99. The lowest BCUT2D eigenvalue weighted by molar-refractivity contribution is -0.134. The molecule has 1 atom stereocenters. The standard InChI is InChI=1S/C26H28N2O4/c1-14-9-15(2)23-18(10-14)11-20(25(29)27-23)24-19-13-22(32-4)21(31-3)12-17(19)7-8-28(24)26(30)16-5-6-16/h9-13,16,24H,5-8H2,1-4H3,(H,27,29). The molecule has 0 bridgehead atoms. The van der Waals surface area contributed by atoms with Gasteiger partial charge in [-0.15, -0.1) is 0 Å². The predicted octanol–water partition coefficient (Wildman–Crippen LogP) is 4.05. The lowest BCUT2D eigenvalue weighted by atomic mass is 9.87. The maximum absolute atomic E-state index is 13.4. The number of aromatic amines is 1. The van der Waals surface area contributed by atoms with Crippen LogP contribution in [0.15, 0.2) is 35.1 Å². The van der Waals surface area contributed by atoms with E-state index in [4.69, 9.17) is 9.47 Å². The van der Waals surface area contributed by atoms with Crippen molar-refractivity contribution in [1.82, 2.24) is 9.88 Å². The number of H-pyrrole nitrogens is 1. The maximum atomic E-state index is 13.4. The number of methoxy groups -OCH3 is 2. The first-order chi connectivity index (χ1) is 15.4. The van der Waals surface area contributed by atoms with Crippen LogP contribution in [0.25, 0.3) is 10.9 Å². The van der Waals surface area contributed by atoms with Crippen LogP contribution in [0.1, 0.15) is 46.7 Å². The molecule has 3 aromatic rings. The normalized spacial score (nSPS) is 17.9. The topological polar surface area (TPSA) is 71.6 Å². The van der Waals surface area contributed by atoms with E-state index >= 15 is 0 Å².